The molecule has 6 rings (SSSR count). The molecule has 0 aliphatic heterocycles. The van der Waals surface area contributed by atoms with E-state index in [2.05, 4.69) is 31.9 Å². The molecular weight excluding hydrogens is 769 g/mol. The van der Waals surface area contributed by atoms with Crippen LogP contribution < -0.4 is 31.9 Å². The molecular formula is C49H42N6O6. The van der Waals surface area contributed by atoms with Crippen molar-refractivity contribution in [3.05, 3.63) is 203 Å². The van der Waals surface area contributed by atoms with E-state index >= 15 is 0 Å². The van der Waals surface area contributed by atoms with Gasteiger partial charge in [0.25, 0.3) is 35.4 Å². The van der Waals surface area contributed by atoms with E-state index in [9.17, 15) is 28.8 Å². The molecule has 12 heteroatoms. The van der Waals surface area contributed by atoms with Crippen LogP contribution in [0.25, 0.3) is 0 Å². The number of carbonyl (C=O) groups excluding carboxylic acids is 6. The zero-order valence-corrected chi connectivity index (χ0v) is 33.3. The molecule has 0 bridgehead atoms. The second kappa shape index (κ2) is 20.4. The van der Waals surface area contributed by atoms with Crippen molar-refractivity contribution in [2.75, 3.05) is 31.9 Å². The first kappa shape index (κ1) is 42.2. The third-order valence-electron chi connectivity index (χ3n) is 8.96. The van der Waals surface area contributed by atoms with Gasteiger partial charge in [0, 0.05) is 67.5 Å². The Labute approximate surface area is 352 Å². The van der Waals surface area contributed by atoms with Crippen LogP contribution in [0.2, 0.25) is 0 Å². The standard InChI is InChI=1S/C49H42N6O6/c1-3-14-32(15-4-2)44(56)50-38-20-11-23-41(29-38)53-47(59)35-26-36(48(60)54-42-24-12-21-39(30-42)51-45(57)33-16-7-5-8-17-33)28-37(27-35)49(61)55-43-25-13-22-40(31-43)52-46(58)34-18-9-6-10-19-34/h3,5-31H,4H2,1-2H3,(H,50,56)(H,51,57)(H,52,58)(H,53,59)(H,54,60)(H,55,61)/b14-3-,32-15+. The van der Waals surface area contributed by atoms with E-state index in [1.54, 1.807) is 152 Å². The summed E-state index contributed by atoms with van der Waals surface area (Å²) in [6.07, 6.45) is 5.95. The fourth-order valence-corrected chi connectivity index (χ4v) is 6.08. The van der Waals surface area contributed by atoms with E-state index in [0.29, 0.717) is 57.2 Å². The van der Waals surface area contributed by atoms with Crippen LogP contribution in [0.4, 0.5) is 34.1 Å². The summed E-state index contributed by atoms with van der Waals surface area (Å²) in [5.41, 5.74) is 3.70. The number of anilines is 6. The lowest BCUT2D eigenvalue weighted by molar-refractivity contribution is -0.112. The molecule has 6 N–H and O–H groups in total. The van der Waals surface area contributed by atoms with Crippen LogP contribution in [0, 0.1) is 0 Å². The molecule has 0 heterocycles. The minimum atomic E-state index is -0.636. The Kier molecular flexibility index (Phi) is 14.1. The molecule has 0 aromatic heterocycles. The Morgan fingerprint density at radius 3 is 1.02 bits per heavy atom. The first-order valence-corrected chi connectivity index (χ1v) is 19.3. The molecule has 0 atom stereocenters. The summed E-state index contributed by atoms with van der Waals surface area (Å²) in [6.45, 7) is 3.75. The highest BCUT2D eigenvalue weighted by atomic mass is 16.2. The number of benzene rings is 6. The fourth-order valence-electron chi connectivity index (χ4n) is 6.08. The number of carbonyl (C=O) groups is 6. The highest BCUT2D eigenvalue weighted by Crippen LogP contribution is 2.23. The summed E-state index contributed by atoms with van der Waals surface area (Å²) in [6, 6.07) is 41.1. The van der Waals surface area contributed by atoms with Crippen molar-refractivity contribution in [1.82, 2.24) is 0 Å². The first-order valence-electron chi connectivity index (χ1n) is 19.3. The van der Waals surface area contributed by atoms with Gasteiger partial charge in [0.15, 0.2) is 0 Å². The average molecular weight is 811 g/mol. The zero-order chi connectivity index (χ0) is 43.1. The second-order valence-corrected chi connectivity index (χ2v) is 13.6. The van der Waals surface area contributed by atoms with Gasteiger partial charge in [0.2, 0.25) is 0 Å². The summed E-state index contributed by atoms with van der Waals surface area (Å²) >= 11 is 0. The van der Waals surface area contributed by atoms with E-state index in [1.165, 1.54) is 18.2 Å². The normalized spacial score (nSPS) is 11.0. The smallest absolute Gasteiger partial charge is 0.255 e. The lowest BCUT2D eigenvalue weighted by Gasteiger charge is -2.13. The van der Waals surface area contributed by atoms with Gasteiger partial charge >= 0.3 is 0 Å². The lowest BCUT2D eigenvalue weighted by Crippen LogP contribution is -2.20. The Hall–Kier alpha value is -8.38. The Morgan fingerprint density at radius 1 is 0.393 bits per heavy atom. The van der Waals surface area contributed by atoms with E-state index in [0.717, 1.165) is 0 Å². The van der Waals surface area contributed by atoms with Crippen molar-refractivity contribution >= 4 is 69.6 Å². The molecule has 0 radical (unpaired) electrons. The predicted molar refractivity (Wildman–Crippen MR) is 240 cm³/mol. The number of hydrogen-bond donors (Lipinski definition) is 6. The van der Waals surface area contributed by atoms with Crippen LogP contribution in [0.15, 0.2) is 175 Å². The molecule has 61 heavy (non-hydrogen) atoms. The van der Waals surface area contributed by atoms with E-state index < -0.39 is 17.7 Å². The molecule has 0 aliphatic carbocycles. The third-order valence-corrected chi connectivity index (χ3v) is 8.96. The van der Waals surface area contributed by atoms with Gasteiger partial charge in [-0.3, -0.25) is 28.8 Å². The quantitative estimate of drug-likeness (QED) is 0.0472. The summed E-state index contributed by atoms with van der Waals surface area (Å²) in [5.74, 6) is -2.88. The van der Waals surface area contributed by atoms with Crippen molar-refractivity contribution in [1.29, 1.82) is 0 Å². The summed E-state index contributed by atoms with van der Waals surface area (Å²) in [7, 11) is 0. The van der Waals surface area contributed by atoms with Crippen molar-refractivity contribution in [3.63, 3.8) is 0 Å². The lowest BCUT2D eigenvalue weighted by atomic mass is 10.0. The third kappa shape index (κ3) is 11.8. The van der Waals surface area contributed by atoms with Gasteiger partial charge in [0.05, 0.1) is 0 Å². The Morgan fingerprint density at radius 2 is 0.705 bits per heavy atom. The van der Waals surface area contributed by atoms with Crippen molar-refractivity contribution < 1.29 is 28.8 Å². The molecule has 6 amide bonds. The second-order valence-electron chi connectivity index (χ2n) is 13.6. The maximum Gasteiger partial charge on any atom is 0.255 e. The number of rotatable bonds is 14. The highest BCUT2D eigenvalue weighted by molar-refractivity contribution is 6.14. The topological polar surface area (TPSA) is 175 Å². The van der Waals surface area contributed by atoms with Crippen LogP contribution in [-0.4, -0.2) is 35.4 Å². The molecule has 0 fully saturated rings. The van der Waals surface area contributed by atoms with Crippen LogP contribution >= 0.6 is 0 Å². The molecule has 6 aromatic carbocycles. The summed E-state index contributed by atoms with van der Waals surface area (Å²) < 4.78 is 0. The minimum Gasteiger partial charge on any atom is -0.322 e. The number of hydrogen-bond acceptors (Lipinski definition) is 6. The first-order chi connectivity index (χ1) is 29.6. The Bertz CT molecular complexity index is 2530. The van der Waals surface area contributed by atoms with E-state index in [1.807, 2.05) is 13.8 Å². The largest absolute Gasteiger partial charge is 0.322 e. The summed E-state index contributed by atoms with van der Waals surface area (Å²) in [5, 5.41) is 16.8. The number of nitrogens with one attached hydrogen (secondary N) is 6. The number of amides is 6. The molecule has 0 aliphatic rings. The van der Waals surface area contributed by atoms with Gasteiger partial charge in [-0.05, 0) is 110 Å². The van der Waals surface area contributed by atoms with Crippen LogP contribution in [0.3, 0.4) is 0 Å². The highest BCUT2D eigenvalue weighted by Gasteiger charge is 2.19. The minimum absolute atomic E-state index is 0.0127. The van der Waals surface area contributed by atoms with Gasteiger partial charge < -0.3 is 31.9 Å². The monoisotopic (exact) mass is 810 g/mol. The Balaban J connectivity index is 1.25. The summed E-state index contributed by atoms with van der Waals surface area (Å²) in [4.78, 5) is 80.0. The maximum atomic E-state index is 13.9. The average Bonchev–Trinajstić information content (AvgIpc) is 3.27. The van der Waals surface area contributed by atoms with Gasteiger partial charge in [-0.1, -0.05) is 79.7 Å². The van der Waals surface area contributed by atoms with Crippen molar-refractivity contribution in [2.24, 2.45) is 0 Å². The SMILES string of the molecule is C/C=C\C(=C/CC)C(=O)Nc1cccc(NC(=O)c2cc(C(=O)Nc3cccc(NC(=O)c4ccccc4)c3)cc(C(=O)Nc3cccc(NC(=O)c4ccccc4)c3)c2)c1. The molecule has 12 nitrogen and oxygen atoms in total. The van der Waals surface area contributed by atoms with Crippen LogP contribution in [0.1, 0.15) is 72.1 Å². The van der Waals surface area contributed by atoms with E-state index in [4.69, 9.17) is 0 Å². The van der Waals surface area contributed by atoms with Gasteiger partial charge in [-0.2, -0.15) is 0 Å². The molecule has 6 aromatic rings. The molecule has 304 valence electrons. The molecule has 0 unspecified atom stereocenters. The van der Waals surface area contributed by atoms with Gasteiger partial charge in [-0.15, -0.1) is 0 Å². The zero-order valence-electron chi connectivity index (χ0n) is 33.3. The molecule has 0 spiro atoms. The maximum absolute atomic E-state index is 13.9. The molecule has 0 saturated carbocycles. The van der Waals surface area contributed by atoms with Crippen molar-refractivity contribution in [2.45, 2.75) is 20.3 Å². The predicted octanol–water partition coefficient (Wildman–Crippen LogP) is 9.80. The van der Waals surface area contributed by atoms with E-state index in [-0.39, 0.29) is 34.4 Å². The fraction of sp³-hybridized carbons (Fsp3) is 0.0612. The van der Waals surface area contributed by atoms with Crippen molar-refractivity contribution in [3.8, 4) is 0 Å². The molecule has 0 saturated heterocycles. The number of allylic oxidation sites excluding steroid dienone is 2. The van der Waals surface area contributed by atoms with Crippen LogP contribution in [0.5, 0.6) is 0 Å². The van der Waals surface area contributed by atoms with Gasteiger partial charge in [0.1, 0.15) is 0 Å². The van der Waals surface area contributed by atoms with Crippen LogP contribution in [-0.2, 0) is 4.79 Å². The van der Waals surface area contributed by atoms with Gasteiger partial charge in [-0.25, -0.2) is 0 Å².